The van der Waals surface area contributed by atoms with Crippen molar-refractivity contribution in [1.82, 2.24) is 15.5 Å². The number of hydrogen-bond acceptors (Lipinski definition) is 5. The van der Waals surface area contributed by atoms with Crippen LogP contribution in [0.1, 0.15) is 44.4 Å². The van der Waals surface area contributed by atoms with Gasteiger partial charge in [-0.3, -0.25) is 0 Å². The quantitative estimate of drug-likeness (QED) is 0.931. The third-order valence-corrected chi connectivity index (χ3v) is 6.73. The lowest BCUT2D eigenvalue weighted by atomic mass is 9.53. The minimum Gasteiger partial charge on any atom is -0.338 e. The molecule has 116 valence electrons. The predicted molar refractivity (Wildman–Crippen MR) is 85.4 cm³/mol. The highest BCUT2D eigenvalue weighted by molar-refractivity contribution is 7.13. The van der Waals surface area contributed by atoms with Crippen molar-refractivity contribution < 1.29 is 4.52 Å². The van der Waals surface area contributed by atoms with Crippen molar-refractivity contribution in [3.05, 3.63) is 23.4 Å². The van der Waals surface area contributed by atoms with Crippen LogP contribution in [0.25, 0.3) is 10.7 Å². The Morgan fingerprint density at radius 1 is 1.18 bits per heavy atom. The zero-order valence-corrected chi connectivity index (χ0v) is 13.4. The monoisotopic (exact) mass is 315 g/mol. The Morgan fingerprint density at radius 2 is 1.91 bits per heavy atom. The Morgan fingerprint density at radius 3 is 2.55 bits per heavy atom. The van der Waals surface area contributed by atoms with E-state index < -0.39 is 0 Å². The molecule has 0 radical (unpaired) electrons. The lowest BCUT2D eigenvalue weighted by Gasteiger charge is -2.57. The van der Waals surface area contributed by atoms with Crippen LogP contribution in [0.3, 0.4) is 0 Å². The first-order chi connectivity index (χ1) is 10.8. The van der Waals surface area contributed by atoms with E-state index in [1.54, 1.807) is 11.3 Å². The van der Waals surface area contributed by atoms with E-state index in [1.165, 1.54) is 38.5 Å². The van der Waals surface area contributed by atoms with E-state index in [0.717, 1.165) is 34.3 Å². The SMILES string of the molecule is c1csc(-c2noc(CNC34CC5CC(CC(C5)C3)C4)n2)c1. The summed E-state index contributed by atoms with van der Waals surface area (Å²) in [6, 6.07) is 4.05. The van der Waals surface area contributed by atoms with Crippen LogP contribution in [-0.4, -0.2) is 15.7 Å². The average molecular weight is 315 g/mol. The molecule has 4 aliphatic carbocycles. The molecule has 4 saturated carbocycles. The van der Waals surface area contributed by atoms with Gasteiger partial charge in [-0.05, 0) is 67.7 Å². The Labute approximate surface area is 134 Å². The van der Waals surface area contributed by atoms with Crippen LogP contribution in [0.4, 0.5) is 0 Å². The van der Waals surface area contributed by atoms with Gasteiger partial charge in [0.2, 0.25) is 11.7 Å². The molecule has 2 heterocycles. The summed E-state index contributed by atoms with van der Waals surface area (Å²) in [6.45, 7) is 0.713. The Hall–Kier alpha value is -1.20. The molecule has 0 aromatic carbocycles. The topological polar surface area (TPSA) is 51.0 Å². The van der Waals surface area contributed by atoms with Crippen LogP contribution in [-0.2, 0) is 6.54 Å². The van der Waals surface area contributed by atoms with Crippen LogP contribution in [0.15, 0.2) is 22.0 Å². The molecule has 0 spiro atoms. The van der Waals surface area contributed by atoms with Crippen molar-refractivity contribution in [3.63, 3.8) is 0 Å². The van der Waals surface area contributed by atoms with Gasteiger partial charge in [-0.25, -0.2) is 0 Å². The van der Waals surface area contributed by atoms with Gasteiger partial charge in [-0.1, -0.05) is 11.2 Å². The molecule has 0 atom stereocenters. The molecular formula is C17H21N3OS. The van der Waals surface area contributed by atoms with Crippen LogP contribution in [0.5, 0.6) is 0 Å². The highest BCUT2D eigenvalue weighted by Crippen LogP contribution is 2.55. The van der Waals surface area contributed by atoms with E-state index in [4.69, 9.17) is 4.52 Å². The fraction of sp³-hybridized carbons (Fsp3) is 0.647. The van der Waals surface area contributed by atoms with Gasteiger partial charge in [-0.2, -0.15) is 4.98 Å². The standard InChI is InChI=1S/C17H21N3OS/c1-2-14(22-3-1)16-19-15(21-20-16)10-18-17-7-11-4-12(8-17)6-13(5-11)9-17/h1-3,11-13,18H,4-10H2. The maximum absolute atomic E-state index is 5.43. The average Bonchev–Trinajstić information content (AvgIpc) is 3.15. The molecule has 0 amide bonds. The third kappa shape index (κ3) is 2.22. The maximum Gasteiger partial charge on any atom is 0.240 e. The second-order valence-electron chi connectivity index (χ2n) is 7.54. The number of rotatable bonds is 4. The molecule has 4 aliphatic rings. The Balaban J connectivity index is 1.29. The van der Waals surface area contributed by atoms with Gasteiger partial charge in [0.15, 0.2) is 0 Å². The first-order valence-electron chi connectivity index (χ1n) is 8.39. The van der Waals surface area contributed by atoms with Gasteiger partial charge in [-0.15, -0.1) is 11.3 Å². The molecular weight excluding hydrogens is 294 g/mol. The van der Waals surface area contributed by atoms with E-state index in [2.05, 4.69) is 15.5 Å². The van der Waals surface area contributed by atoms with Gasteiger partial charge in [0.1, 0.15) is 0 Å². The number of aromatic nitrogens is 2. The van der Waals surface area contributed by atoms with Crippen LogP contribution in [0.2, 0.25) is 0 Å². The molecule has 1 N–H and O–H groups in total. The summed E-state index contributed by atoms with van der Waals surface area (Å²) < 4.78 is 5.43. The number of nitrogens with zero attached hydrogens (tertiary/aromatic N) is 2. The smallest absolute Gasteiger partial charge is 0.240 e. The maximum atomic E-state index is 5.43. The fourth-order valence-corrected chi connectivity index (χ4v) is 6.07. The largest absolute Gasteiger partial charge is 0.338 e. The molecule has 22 heavy (non-hydrogen) atoms. The molecule has 4 fully saturated rings. The summed E-state index contributed by atoms with van der Waals surface area (Å²) in [5, 5.41) is 9.96. The molecule has 0 unspecified atom stereocenters. The zero-order chi connectivity index (χ0) is 14.6. The highest BCUT2D eigenvalue weighted by atomic mass is 32.1. The number of nitrogens with one attached hydrogen (secondary N) is 1. The zero-order valence-electron chi connectivity index (χ0n) is 12.6. The van der Waals surface area contributed by atoms with E-state index in [-0.39, 0.29) is 0 Å². The van der Waals surface area contributed by atoms with Crippen molar-refractivity contribution in [1.29, 1.82) is 0 Å². The minimum absolute atomic E-state index is 0.353. The van der Waals surface area contributed by atoms with Crippen molar-refractivity contribution in [2.24, 2.45) is 17.8 Å². The number of thiophene rings is 1. The van der Waals surface area contributed by atoms with Crippen LogP contribution >= 0.6 is 11.3 Å². The second kappa shape index (κ2) is 4.90. The molecule has 4 bridgehead atoms. The summed E-state index contributed by atoms with van der Waals surface area (Å²) >= 11 is 1.65. The summed E-state index contributed by atoms with van der Waals surface area (Å²) in [6.07, 6.45) is 8.48. The van der Waals surface area contributed by atoms with Crippen LogP contribution in [0, 0.1) is 17.8 Å². The number of hydrogen-bond donors (Lipinski definition) is 1. The summed E-state index contributed by atoms with van der Waals surface area (Å²) in [5.74, 6) is 4.32. The van der Waals surface area contributed by atoms with Crippen molar-refractivity contribution >= 4 is 11.3 Å². The first kappa shape index (κ1) is 13.3. The molecule has 2 aromatic rings. The second-order valence-corrected chi connectivity index (χ2v) is 8.49. The summed E-state index contributed by atoms with van der Waals surface area (Å²) in [7, 11) is 0. The van der Waals surface area contributed by atoms with E-state index >= 15 is 0 Å². The fourth-order valence-electron chi connectivity index (χ4n) is 5.42. The first-order valence-corrected chi connectivity index (χ1v) is 9.27. The Bertz CT molecular complexity index is 628. The minimum atomic E-state index is 0.353. The van der Waals surface area contributed by atoms with E-state index in [0.29, 0.717) is 12.1 Å². The Kier molecular flexibility index (Phi) is 2.95. The highest BCUT2D eigenvalue weighted by Gasteiger charge is 2.50. The molecule has 4 nitrogen and oxygen atoms in total. The van der Waals surface area contributed by atoms with Gasteiger partial charge >= 0.3 is 0 Å². The van der Waals surface area contributed by atoms with Gasteiger partial charge in [0.25, 0.3) is 0 Å². The van der Waals surface area contributed by atoms with Crippen molar-refractivity contribution in [2.75, 3.05) is 0 Å². The van der Waals surface area contributed by atoms with E-state index in [1.807, 2.05) is 17.5 Å². The van der Waals surface area contributed by atoms with Gasteiger partial charge in [0, 0.05) is 5.54 Å². The molecule has 2 aromatic heterocycles. The lowest BCUT2D eigenvalue weighted by Crippen LogP contribution is -2.58. The molecule has 0 aliphatic heterocycles. The van der Waals surface area contributed by atoms with Crippen molar-refractivity contribution in [2.45, 2.75) is 50.6 Å². The van der Waals surface area contributed by atoms with E-state index in [9.17, 15) is 0 Å². The summed E-state index contributed by atoms with van der Waals surface area (Å²) in [5.41, 5.74) is 0.353. The van der Waals surface area contributed by atoms with Crippen molar-refractivity contribution in [3.8, 4) is 10.7 Å². The van der Waals surface area contributed by atoms with Crippen LogP contribution < -0.4 is 5.32 Å². The lowest BCUT2D eigenvalue weighted by molar-refractivity contribution is -0.0217. The normalized spacial score (nSPS) is 36.1. The molecule has 0 saturated heterocycles. The third-order valence-electron chi connectivity index (χ3n) is 5.86. The molecule has 5 heteroatoms. The molecule has 6 rings (SSSR count). The summed E-state index contributed by atoms with van der Waals surface area (Å²) in [4.78, 5) is 5.61. The predicted octanol–water partition coefficient (Wildman–Crippen LogP) is 3.86. The van der Waals surface area contributed by atoms with Gasteiger partial charge < -0.3 is 9.84 Å². The van der Waals surface area contributed by atoms with Gasteiger partial charge in [0.05, 0.1) is 11.4 Å².